The molecule has 0 aliphatic heterocycles. The van der Waals surface area contributed by atoms with E-state index < -0.39 is 0 Å². The Balaban J connectivity index is 0.00000137. The lowest BCUT2D eigenvalue weighted by atomic mass is 9.89. The van der Waals surface area contributed by atoms with E-state index in [1.807, 2.05) is 13.8 Å². The first-order chi connectivity index (χ1) is 18.2. The molecule has 0 unspecified atom stereocenters. The second-order valence-corrected chi connectivity index (χ2v) is 9.31. The number of hydrogen-bond acceptors (Lipinski definition) is 0. The smallest absolute Gasteiger partial charge is 0.00671 e. The summed E-state index contributed by atoms with van der Waals surface area (Å²) in [6.07, 6.45) is 1.04. The Kier molecular flexibility index (Phi) is 7.19. The number of hydrogen-bond donors (Lipinski definition) is 0. The van der Waals surface area contributed by atoms with E-state index in [0.29, 0.717) is 0 Å². The van der Waals surface area contributed by atoms with Crippen LogP contribution in [0.3, 0.4) is 0 Å². The van der Waals surface area contributed by atoms with Gasteiger partial charge in [0.1, 0.15) is 0 Å². The molecule has 0 amide bonds. The monoisotopic (exact) mass is 478 g/mol. The van der Waals surface area contributed by atoms with Gasteiger partial charge in [0.15, 0.2) is 0 Å². The summed E-state index contributed by atoms with van der Waals surface area (Å²) >= 11 is 0. The molecule has 0 heteroatoms. The van der Waals surface area contributed by atoms with Crippen molar-refractivity contribution in [3.8, 4) is 33.4 Å². The summed E-state index contributed by atoms with van der Waals surface area (Å²) in [5, 5.41) is 5.45. The van der Waals surface area contributed by atoms with Gasteiger partial charge >= 0.3 is 0 Å². The van der Waals surface area contributed by atoms with E-state index in [1.165, 1.54) is 66.1 Å². The summed E-state index contributed by atoms with van der Waals surface area (Å²) in [5.41, 5.74) is 10.3. The Morgan fingerprint density at radius 1 is 0.459 bits per heavy atom. The van der Waals surface area contributed by atoms with Crippen molar-refractivity contribution in [2.75, 3.05) is 0 Å². The molecule has 0 heterocycles. The molecule has 0 spiro atoms. The Morgan fingerprint density at radius 3 is 1.62 bits per heavy atom. The highest BCUT2D eigenvalue weighted by Crippen LogP contribution is 2.37. The van der Waals surface area contributed by atoms with Crippen LogP contribution in [0.25, 0.3) is 54.9 Å². The quantitative estimate of drug-likeness (QED) is 0.221. The van der Waals surface area contributed by atoms with Gasteiger partial charge < -0.3 is 0 Å². The van der Waals surface area contributed by atoms with Crippen LogP contribution >= 0.6 is 0 Å². The van der Waals surface area contributed by atoms with E-state index >= 15 is 0 Å². The van der Waals surface area contributed by atoms with E-state index in [0.717, 1.165) is 6.42 Å². The first kappa shape index (κ1) is 24.5. The van der Waals surface area contributed by atoms with Crippen LogP contribution in [0.2, 0.25) is 0 Å². The van der Waals surface area contributed by atoms with Gasteiger partial charge in [0.2, 0.25) is 0 Å². The van der Waals surface area contributed by atoms with Gasteiger partial charge in [0, 0.05) is 0 Å². The SMILES string of the molecule is CC.CCc1cccc2ccc3c(-c4ccc(-c5ccc(-c6ccccc6)cc5)cc4)ccc(C)c3c12. The van der Waals surface area contributed by atoms with Gasteiger partial charge in [-0.1, -0.05) is 142 Å². The second kappa shape index (κ2) is 10.8. The molecule has 0 fully saturated rings. The van der Waals surface area contributed by atoms with Crippen molar-refractivity contribution in [1.29, 1.82) is 0 Å². The van der Waals surface area contributed by atoms with Crippen LogP contribution in [0.5, 0.6) is 0 Å². The van der Waals surface area contributed by atoms with E-state index in [2.05, 4.69) is 135 Å². The highest BCUT2D eigenvalue weighted by Gasteiger charge is 2.12. The van der Waals surface area contributed by atoms with Gasteiger partial charge in [-0.2, -0.15) is 0 Å². The second-order valence-electron chi connectivity index (χ2n) is 9.31. The molecule has 0 saturated heterocycles. The van der Waals surface area contributed by atoms with E-state index in [1.54, 1.807) is 0 Å². The lowest BCUT2D eigenvalue weighted by Gasteiger charge is -2.15. The first-order valence-corrected chi connectivity index (χ1v) is 13.4. The molecule has 0 radical (unpaired) electrons. The van der Waals surface area contributed by atoms with Gasteiger partial charge in [-0.05, 0) is 79.4 Å². The molecule has 0 nitrogen and oxygen atoms in total. The van der Waals surface area contributed by atoms with Gasteiger partial charge in [-0.25, -0.2) is 0 Å². The predicted molar refractivity (Wildman–Crippen MR) is 163 cm³/mol. The summed E-state index contributed by atoms with van der Waals surface area (Å²) in [6, 6.07) is 44.2. The fourth-order valence-corrected chi connectivity index (χ4v) is 5.34. The fraction of sp³-hybridized carbons (Fsp3) is 0.135. The third kappa shape index (κ3) is 4.68. The lowest BCUT2D eigenvalue weighted by molar-refractivity contribution is 1.16. The summed E-state index contributed by atoms with van der Waals surface area (Å²) in [7, 11) is 0. The summed E-state index contributed by atoms with van der Waals surface area (Å²) in [4.78, 5) is 0. The molecule has 0 saturated carbocycles. The third-order valence-electron chi connectivity index (χ3n) is 7.22. The van der Waals surface area contributed by atoms with E-state index in [-0.39, 0.29) is 0 Å². The summed E-state index contributed by atoms with van der Waals surface area (Å²) in [6.45, 7) is 8.48. The standard InChI is InChI=1S/C35H28.C2H6/c1-3-25-10-7-11-31-21-23-33-32(22-12-24(2)34(33)35(25)31)30-19-17-29(18-20-30)28-15-13-27(14-16-28)26-8-5-4-6-9-26;1-2/h4-23H,3H2,1-2H3;1-2H3. The molecule has 0 aliphatic rings. The maximum absolute atomic E-state index is 2.30. The molecule has 37 heavy (non-hydrogen) atoms. The molecule has 0 N–H and O–H groups in total. The summed E-state index contributed by atoms with van der Waals surface area (Å²) in [5.74, 6) is 0. The molecule has 0 aliphatic carbocycles. The number of fused-ring (bicyclic) bond motifs is 3. The van der Waals surface area contributed by atoms with Crippen molar-refractivity contribution in [2.24, 2.45) is 0 Å². The molecule has 0 aromatic heterocycles. The lowest BCUT2D eigenvalue weighted by Crippen LogP contribution is -1.90. The average Bonchev–Trinajstić information content (AvgIpc) is 2.98. The van der Waals surface area contributed by atoms with Gasteiger partial charge in [0.05, 0.1) is 0 Å². The minimum absolute atomic E-state index is 1.04. The van der Waals surface area contributed by atoms with Crippen molar-refractivity contribution in [3.05, 3.63) is 132 Å². The Bertz CT molecular complexity index is 1640. The van der Waals surface area contributed by atoms with Gasteiger partial charge in [0.25, 0.3) is 0 Å². The van der Waals surface area contributed by atoms with Gasteiger partial charge in [-0.15, -0.1) is 0 Å². The maximum atomic E-state index is 2.30. The summed E-state index contributed by atoms with van der Waals surface area (Å²) < 4.78 is 0. The Labute approximate surface area is 221 Å². The van der Waals surface area contributed by atoms with Gasteiger partial charge in [-0.3, -0.25) is 0 Å². The largest absolute Gasteiger partial charge is 0.0683 e. The van der Waals surface area contributed by atoms with Crippen molar-refractivity contribution >= 4 is 21.5 Å². The molecular formula is C37H34. The van der Waals surface area contributed by atoms with Crippen LogP contribution in [-0.4, -0.2) is 0 Å². The third-order valence-corrected chi connectivity index (χ3v) is 7.22. The van der Waals surface area contributed by atoms with Crippen LogP contribution in [0.4, 0.5) is 0 Å². The minimum atomic E-state index is 1.04. The number of benzene rings is 6. The predicted octanol–water partition coefficient (Wildman–Crippen LogP) is 10.9. The van der Waals surface area contributed by atoms with Crippen molar-refractivity contribution in [2.45, 2.75) is 34.1 Å². The molecular weight excluding hydrogens is 444 g/mol. The van der Waals surface area contributed by atoms with Crippen molar-refractivity contribution < 1.29 is 0 Å². The van der Waals surface area contributed by atoms with Crippen LogP contribution in [-0.2, 0) is 6.42 Å². The highest BCUT2D eigenvalue weighted by atomic mass is 14.2. The Morgan fingerprint density at radius 2 is 1.03 bits per heavy atom. The van der Waals surface area contributed by atoms with Crippen LogP contribution in [0.1, 0.15) is 31.9 Å². The molecule has 0 bridgehead atoms. The molecule has 6 aromatic carbocycles. The fourth-order valence-electron chi connectivity index (χ4n) is 5.34. The van der Waals surface area contributed by atoms with Crippen LogP contribution in [0.15, 0.2) is 121 Å². The molecule has 6 aromatic rings. The zero-order valence-corrected chi connectivity index (χ0v) is 22.3. The van der Waals surface area contributed by atoms with Crippen molar-refractivity contribution in [1.82, 2.24) is 0 Å². The Hall–Kier alpha value is -4.16. The molecule has 0 atom stereocenters. The number of aryl methyl sites for hydroxylation is 2. The maximum Gasteiger partial charge on any atom is -0.00671 e. The molecule has 6 rings (SSSR count). The normalized spacial score (nSPS) is 10.8. The topological polar surface area (TPSA) is 0 Å². The van der Waals surface area contributed by atoms with Crippen LogP contribution < -0.4 is 0 Å². The van der Waals surface area contributed by atoms with E-state index in [4.69, 9.17) is 0 Å². The molecule has 182 valence electrons. The number of rotatable bonds is 4. The first-order valence-electron chi connectivity index (χ1n) is 13.4. The minimum Gasteiger partial charge on any atom is -0.0683 e. The van der Waals surface area contributed by atoms with Crippen molar-refractivity contribution in [3.63, 3.8) is 0 Å². The highest BCUT2D eigenvalue weighted by molar-refractivity contribution is 6.14. The van der Waals surface area contributed by atoms with E-state index in [9.17, 15) is 0 Å². The zero-order valence-electron chi connectivity index (χ0n) is 22.3. The zero-order chi connectivity index (χ0) is 25.8. The average molecular weight is 479 g/mol. The van der Waals surface area contributed by atoms with Crippen LogP contribution in [0, 0.1) is 6.92 Å².